The molecule has 4 heteroatoms. The Morgan fingerprint density at radius 2 is 1.81 bits per heavy atom. The third-order valence-corrected chi connectivity index (χ3v) is 3.36. The summed E-state index contributed by atoms with van der Waals surface area (Å²) in [6, 6.07) is 18.4. The number of nitrogens with one attached hydrogen (secondary N) is 1. The molecule has 0 aliphatic carbocycles. The number of hydrogen-bond acceptors (Lipinski definition) is 3. The summed E-state index contributed by atoms with van der Waals surface area (Å²) in [6.45, 7) is 1.67. The molecular weight excluding hydrogens is 260 g/mol. The fourth-order valence-electron chi connectivity index (χ4n) is 2.34. The zero-order valence-electron chi connectivity index (χ0n) is 11.8. The van der Waals surface area contributed by atoms with E-state index >= 15 is 0 Å². The van der Waals surface area contributed by atoms with E-state index in [1.165, 1.54) is 5.56 Å². The SMILES string of the molecule is c1ccc(C(NCCn2cccn2)c2ccccn2)cc1. The summed E-state index contributed by atoms with van der Waals surface area (Å²) in [5.74, 6) is 0. The van der Waals surface area contributed by atoms with Gasteiger partial charge in [-0.05, 0) is 23.8 Å². The molecule has 0 saturated carbocycles. The van der Waals surface area contributed by atoms with Crippen molar-refractivity contribution in [3.8, 4) is 0 Å². The molecule has 1 N–H and O–H groups in total. The first-order valence-electron chi connectivity index (χ1n) is 7.10. The van der Waals surface area contributed by atoms with Gasteiger partial charge in [-0.2, -0.15) is 5.10 Å². The number of hydrogen-bond donors (Lipinski definition) is 1. The molecule has 3 aromatic rings. The normalized spacial score (nSPS) is 12.2. The number of benzene rings is 1. The van der Waals surface area contributed by atoms with E-state index < -0.39 is 0 Å². The van der Waals surface area contributed by atoms with E-state index in [0.29, 0.717) is 0 Å². The molecule has 0 aliphatic rings. The Bertz CT molecular complexity index is 596. The van der Waals surface area contributed by atoms with Crippen molar-refractivity contribution in [2.45, 2.75) is 12.6 Å². The number of pyridine rings is 1. The van der Waals surface area contributed by atoms with Crippen LogP contribution in [0.25, 0.3) is 0 Å². The zero-order valence-corrected chi connectivity index (χ0v) is 11.8. The summed E-state index contributed by atoms with van der Waals surface area (Å²) >= 11 is 0. The summed E-state index contributed by atoms with van der Waals surface area (Å²) in [4.78, 5) is 4.49. The van der Waals surface area contributed by atoms with E-state index in [0.717, 1.165) is 18.8 Å². The van der Waals surface area contributed by atoms with Gasteiger partial charge in [-0.15, -0.1) is 0 Å². The van der Waals surface area contributed by atoms with Crippen LogP contribution < -0.4 is 5.32 Å². The van der Waals surface area contributed by atoms with Crippen molar-refractivity contribution in [2.75, 3.05) is 6.54 Å². The van der Waals surface area contributed by atoms with E-state index in [1.54, 1.807) is 6.20 Å². The third-order valence-electron chi connectivity index (χ3n) is 3.36. The Hall–Kier alpha value is -2.46. The van der Waals surface area contributed by atoms with Crippen molar-refractivity contribution >= 4 is 0 Å². The highest BCUT2D eigenvalue weighted by molar-refractivity contribution is 5.27. The monoisotopic (exact) mass is 278 g/mol. The highest BCUT2D eigenvalue weighted by Crippen LogP contribution is 2.19. The van der Waals surface area contributed by atoms with Crippen LogP contribution in [0.1, 0.15) is 17.3 Å². The highest BCUT2D eigenvalue weighted by Gasteiger charge is 2.13. The smallest absolute Gasteiger partial charge is 0.0752 e. The van der Waals surface area contributed by atoms with Crippen LogP contribution in [0.3, 0.4) is 0 Å². The van der Waals surface area contributed by atoms with Gasteiger partial charge in [0.15, 0.2) is 0 Å². The van der Waals surface area contributed by atoms with E-state index in [9.17, 15) is 0 Å². The van der Waals surface area contributed by atoms with Crippen molar-refractivity contribution in [1.29, 1.82) is 0 Å². The summed E-state index contributed by atoms with van der Waals surface area (Å²) in [5.41, 5.74) is 2.25. The fraction of sp³-hybridized carbons (Fsp3) is 0.176. The molecule has 3 rings (SSSR count). The fourth-order valence-corrected chi connectivity index (χ4v) is 2.34. The number of rotatable bonds is 6. The van der Waals surface area contributed by atoms with Crippen LogP contribution in [-0.4, -0.2) is 21.3 Å². The van der Waals surface area contributed by atoms with E-state index in [2.05, 4.69) is 45.7 Å². The summed E-state index contributed by atoms with van der Waals surface area (Å²) in [7, 11) is 0. The lowest BCUT2D eigenvalue weighted by Gasteiger charge is -2.18. The van der Waals surface area contributed by atoms with E-state index in [-0.39, 0.29) is 6.04 Å². The molecule has 1 atom stereocenters. The molecule has 1 aromatic carbocycles. The number of aromatic nitrogens is 3. The first-order chi connectivity index (χ1) is 10.4. The minimum Gasteiger partial charge on any atom is -0.303 e. The predicted octanol–water partition coefficient (Wildman–Crippen LogP) is 2.66. The minimum atomic E-state index is 0.1000. The van der Waals surface area contributed by atoms with Crippen molar-refractivity contribution in [3.63, 3.8) is 0 Å². The van der Waals surface area contributed by atoms with Gasteiger partial charge in [0.2, 0.25) is 0 Å². The van der Waals surface area contributed by atoms with Gasteiger partial charge >= 0.3 is 0 Å². The van der Waals surface area contributed by atoms with Gasteiger partial charge in [-0.25, -0.2) is 0 Å². The quantitative estimate of drug-likeness (QED) is 0.754. The summed E-state index contributed by atoms with van der Waals surface area (Å²) in [6.07, 6.45) is 5.61. The largest absolute Gasteiger partial charge is 0.303 e. The molecule has 0 bridgehead atoms. The predicted molar refractivity (Wildman–Crippen MR) is 82.8 cm³/mol. The van der Waals surface area contributed by atoms with Crippen LogP contribution >= 0.6 is 0 Å². The molecule has 0 fully saturated rings. The summed E-state index contributed by atoms with van der Waals surface area (Å²) in [5, 5.41) is 7.79. The molecule has 2 aromatic heterocycles. The number of nitrogens with zero attached hydrogens (tertiary/aromatic N) is 3. The van der Waals surface area contributed by atoms with Gasteiger partial charge in [-0.1, -0.05) is 36.4 Å². The second-order valence-electron chi connectivity index (χ2n) is 4.82. The van der Waals surface area contributed by atoms with Crippen molar-refractivity contribution in [2.24, 2.45) is 0 Å². The Kier molecular flexibility index (Phi) is 4.39. The summed E-state index contributed by atoms with van der Waals surface area (Å²) < 4.78 is 1.92. The Morgan fingerprint density at radius 1 is 0.952 bits per heavy atom. The third kappa shape index (κ3) is 3.55. The molecule has 106 valence electrons. The molecule has 0 spiro atoms. The van der Waals surface area contributed by atoms with Gasteiger partial charge in [0, 0.05) is 25.1 Å². The maximum atomic E-state index is 4.49. The molecule has 0 saturated heterocycles. The van der Waals surface area contributed by atoms with Gasteiger partial charge in [0.1, 0.15) is 0 Å². The molecule has 0 aliphatic heterocycles. The first-order valence-corrected chi connectivity index (χ1v) is 7.10. The van der Waals surface area contributed by atoms with Crippen molar-refractivity contribution < 1.29 is 0 Å². The van der Waals surface area contributed by atoms with Crippen LogP contribution in [0.2, 0.25) is 0 Å². The lowest BCUT2D eigenvalue weighted by Crippen LogP contribution is -2.27. The molecule has 1 unspecified atom stereocenters. The van der Waals surface area contributed by atoms with E-state index in [1.807, 2.05) is 41.3 Å². The molecule has 21 heavy (non-hydrogen) atoms. The van der Waals surface area contributed by atoms with Crippen LogP contribution in [-0.2, 0) is 6.54 Å². The zero-order chi connectivity index (χ0) is 14.3. The van der Waals surface area contributed by atoms with Crippen molar-refractivity contribution in [3.05, 3.63) is 84.4 Å². The molecule has 0 radical (unpaired) electrons. The Labute approximate surface area is 124 Å². The first kappa shape index (κ1) is 13.5. The van der Waals surface area contributed by atoms with Crippen LogP contribution in [0.15, 0.2) is 73.2 Å². The Morgan fingerprint density at radius 3 is 2.52 bits per heavy atom. The second kappa shape index (κ2) is 6.81. The maximum Gasteiger partial charge on any atom is 0.0752 e. The maximum absolute atomic E-state index is 4.49. The Balaban J connectivity index is 1.73. The lowest BCUT2D eigenvalue weighted by molar-refractivity contribution is 0.517. The highest BCUT2D eigenvalue weighted by atomic mass is 15.3. The van der Waals surface area contributed by atoms with Gasteiger partial charge in [-0.3, -0.25) is 9.67 Å². The topological polar surface area (TPSA) is 42.7 Å². The van der Waals surface area contributed by atoms with Gasteiger partial charge in [0.05, 0.1) is 18.3 Å². The molecule has 2 heterocycles. The van der Waals surface area contributed by atoms with Crippen molar-refractivity contribution in [1.82, 2.24) is 20.1 Å². The second-order valence-corrected chi connectivity index (χ2v) is 4.82. The average Bonchev–Trinajstić information content (AvgIpc) is 3.07. The van der Waals surface area contributed by atoms with Crippen LogP contribution in [0.5, 0.6) is 0 Å². The van der Waals surface area contributed by atoms with Gasteiger partial charge in [0.25, 0.3) is 0 Å². The molecular formula is C17H18N4. The molecule has 0 amide bonds. The van der Waals surface area contributed by atoms with Crippen LogP contribution in [0, 0.1) is 0 Å². The average molecular weight is 278 g/mol. The van der Waals surface area contributed by atoms with Crippen LogP contribution in [0.4, 0.5) is 0 Å². The van der Waals surface area contributed by atoms with Gasteiger partial charge < -0.3 is 5.32 Å². The lowest BCUT2D eigenvalue weighted by atomic mass is 10.0. The standard InChI is InChI=1S/C17H18N4/c1-2-7-15(8-3-1)17(16-9-4-5-10-18-16)19-12-14-21-13-6-11-20-21/h1-11,13,17,19H,12,14H2. The minimum absolute atomic E-state index is 0.1000. The molecule has 4 nitrogen and oxygen atoms in total. The van der Waals surface area contributed by atoms with E-state index in [4.69, 9.17) is 0 Å².